The third-order valence-electron chi connectivity index (χ3n) is 2.86. The normalized spacial score (nSPS) is 9.90. The Bertz CT molecular complexity index is 742. The van der Waals surface area contributed by atoms with Crippen LogP contribution in [-0.4, -0.2) is 15.5 Å². The first-order valence-electron chi connectivity index (χ1n) is 6.41. The molecule has 0 spiro atoms. The lowest BCUT2D eigenvalue weighted by Crippen LogP contribution is -2.25. The molecule has 0 bridgehead atoms. The zero-order valence-corrected chi connectivity index (χ0v) is 11.5. The lowest BCUT2D eigenvalue weighted by Gasteiger charge is -2.07. The second-order valence-electron chi connectivity index (χ2n) is 4.59. The highest BCUT2D eigenvalue weighted by atomic mass is 16.2. The Labute approximate surface area is 121 Å². The van der Waals surface area contributed by atoms with Gasteiger partial charge in [0.05, 0.1) is 11.6 Å². The summed E-state index contributed by atoms with van der Waals surface area (Å²) in [5, 5.41) is 11.4. The number of rotatable bonds is 4. The maximum absolute atomic E-state index is 11.8. The Balaban J connectivity index is 1.94. The molecule has 0 atom stereocenters. The second-order valence-corrected chi connectivity index (χ2v) is 4.59. The van der Waals surface area contributed by atoms with Gasteiger partial charge in [-0.25, -0.2) is 9.78 Å². The molecule has 106 valence electrons. The van der Waals surface area contributed by atoms with Crippen molar-refractivity contribution < 1.29 is 4.79 Å². The first-order valence-corrected chi connectivity index (χ1v) is 6.41. The molecule has 1 N–H and O–H groups in total. The van der Waals surface area contributed by atoms with Gasteiger partial charge in [-0.15, -0.1) is 0 Å². The second kappa shape index (κ2) is 6.48. The van der Waals surface area contributed by atoms with E-state index in [1.54, 1.807) is 30.5 Å². The molecular formula is C15H14N4O2. The lowest BCUT2D eigenvalue weighted by atomic mass is 10.2. The number of nitriles is 1. The van der Waals surface area contributed by atoms with Gasteiger partial charge in [0.2, 0.25) is 5.91 Å². The van der Waals surface area contributed by atoms with Crippen LogP contribution in [0.5, 0.6) is 0 Å². The van der Waals surface area contributed by atoms with Crippen LogP contribution in [0.1, 0.15) is 17.5 Å². The summed E-state index contributed by atoms with van der Waals surface area (Å²) < 4.78 is 1.41. The van der Waals surface area contributed by atoms with Gasteiger partial charge in [-0.3, -0.25) is 9.36 Å². The largest absolute Gasteiger partial charge is 0.347 e. The van der Waals surface area contributed by atoms with E-state index < -0.39 is 0 Å². The summed E-state index contributed by atoms with van der Waals surface area (Å²) in [5.74, 6) is -0.201. The van der Waals surface area contributed by atoms with Crippen molar-refractivity contribution in [2.75, 3.05) is 5.32 Å². The van der Waals surface area contributed by atoms with Crippen LogP contribution in [0.4, 0.5) is 5.69 Å². The van der Waals surface area contributed by atoms with E-state index in [9.17, 15) is 9.59 Å². The Morgan fingerprint density at radius 1 is 1.38 bits per heavy atom. The van der Waals surface area contributed by atoms with Crippen molar-refractivity contribution in [2.24, 2.45) is 0 Å². The van der Waals surface area contributed by atoms with E-state index in [0.717, 1.165) is 5.56 Å². The quantitative estimate of drug-likeness (QED) is 0.919. The molecule has 0 aliphatic carbocycles. The van der Waals surface area contributed by atoms with Crippen LogP contribution in [0.15, 0.2) is 41.5 Å². The SMILES string of the molecule is Cc1cnc(=O)n(CCC(=O)Nc2ccc(C#N)cc2)c1. The zero-order chi connectivity index (χ0) is 15.2. The summed E-state index contributed by atoms with van der Waals surface area (Å²) in [6.07, 6.45) is 3.34. The van der Waals surface area contributed by atoms with Gasteiger partial charge in [-0.2, -0.15) is 5.26 Å². The number of nitrogens with one attached hydrogen (secondary N) is 1. The van der Waals surface area contributed by atoms with E-state index in [2.05, 4.69) is 10.3 Å². The van der Waals surface area contributed by atoms with Gasteiger partial charge in [0.1, 0.15) is 0 Å². The van der Waals surface area contributed by atoms with E-state index in [1.165, 1.54) is 10.8 Å². The third-order valence-corrected chi connectivity index (χ3v) is 2.86. The first-order chi connectivity index (χ1) is 10.1. The van der Waals surface area contributed by atoms with Crippen LogP contribution < -0.4 is 11.0 Å². The first kappa shape index (κ1) is 14.5. The lowest BCUT2D eigenvalue weighted by molar-refractivity contribution is -0.116. The van der Waals surface area contributed by atoms with Gasteiger partial charge in [0.25, 0.3) is 0 Å². The van der Waals surface area contributed by atoms with Crippen molar-refractivity contribution in [2.45, 2.75) is 19.9 Å². The number of aryl methyl sites for hydroxylation is 2. The molecule has 0 unspecified atom stereocenters. The number of nitrogens with zero attached hydrogens (tertiary/aromatic N) is 3. The number of hydrogen-bond donors (Lipinski definition) is 1. The minimum atomic E-state index is -0.369. The van der Waals surface area contributed by atoms with Gasteiger partial charge >= 0.3 is 5.69 Å². The molecule has 0 radical (unpaired) electrons. The molecular weight excluding hydrogens is 268 g/mol. The number of aromatic nitrogens is 2. The van der Waals surface area contributed by atoms with Crippen LogP contribution in [0.2, 0.25) is 0 Å². The molecule has 0 aliphatic heterocycles. The molecule has 6 nitrogen and oxygen atoms in total. The van der Waals surface area contributed by atoms with Crippen LogP contribution >= 0.6 is 0 Å². The molecule has 0 saturated heterocycles. The molecule has 2 rings (SSSR count). The summed E-state index contributed by atoms with van der Waals surface area (Å²) in [7, 11) is 0. The monoisotopic (exact) mass is 282 g/mol. The number of carbonyl (C=O) groups excluding carboxylic acids is 1. The summed E-state index contributed by atoms with van der Waals surface area (Å²) in [5.41, 5.74) is 1.65. The van der Waals surface area contributed by atoms with E-state index >= 15 is 0 Å². The maximum Gasteiger partial charge on any atom is 0.347 e. The summed E-state index contributed by atoms with van der Waals surface area (Å²) >= 11 is 0. The molecule has 1 aromatic heterocycles. The molecule has 0 saturated carbocycles. The Hall–Kier alpha value is -2.94. The minimum Gasteiger partial charge on any atom is -0.326 e. The van der Waals surface area contributed by atoms with Crippen LogP contribution in [0.25, 0.3) is 0 Å². The molecule has 21 heavy (non-hydrogen) atoms. The smallest absolute Gasteiger partial charge is 0.326 e. The molecule has 2 aromatic rings. The Morgan fingerprint density at radius 2 is 2.10 bits per heavy atom. The topological polar surface area (TPSA) is 87.8 Å². The molecule has 6 heteroatoms. The van der Waals surface area contributed by atoms with Crippen molar-refractivity contribution in [3.8, 4) is 6.07 Å². The average Bonchev–Trinajstić information content (AvgIpc) is 2.49. The standard InChI is InChI=1S/C15H14N4O2/c1-11-9-17-15(21)19(10-11)7-6-14(20)18-13-4-2-12(8-16)3-5-13/h2-5,9-10H,6-7H2,1H3,(H,18,20). The van der Waals surface area contributed by atoms with Crippen LogP contribution in [0.3, 0.4) is 0 Å². The Kier molecular flexibility index (Phi) is 4.46. The van der Waals surface area contributed by atoms with Crippen LogP contribution in [-0.2, 0) is 11.3 Å². The van der Waals surface area contributed by atoms with E-state index in [4.69, 9.17) is 5.26 Å². The fraction of sp³-hybridized carbons (Fsp3) is 0.200. The van der Waals surface area contributed by atoms with Gasteiger partial charge in [-0.05, 0) is 36.8 Å². The van der Waals surface area contributed by atoms with E-state index in [-0.39, 0.29) is 24.6 Å². The van der Waals surface area contributed by atoms with Gasteiger partial charge < -0.3 is 5.32 Å². The third kappa shape index (κ3) is 4.01. The summed E-state index contributed by atoms with van der Waals surface area (Å²) in [6.45, 7) is 2.11. The van der Waals surface area contributed by atoms with E-state index in [0.29, 0.717) is 11.3 Å². The van der Waals surface area contributed by atoms with Gasteiger partial charge in [-0.1, -0.05) is 0 Å². The zero-order valence-electron chi connectivity index (χ0n) is 11.5. The highest BCUT2D eigenvalue weighted by Crippen LogP contribution is 2.09. The van der Waals surface area contributed by atoms with Crippen molar-refractivity contribution in [1.29, 1.82) is 5.26 Å². The fourth-order valence-corrected chi connectivity index (χ4v) is 1.80. The average molecular weight is 282 g/mol. The van der Waals surface area contributed by atoms with Crippen molar-refractivity contribution >= 4 is 11.6 Å². The van der Waals surface area contributed by atoms with Crippen molar-refractivity contribution in [3.63, 3.8) is 0 Å². The Morgan fingerprint density at radius 3 is 2.76 bits per heavy atom. The molecule has 1 amide bonds. The molecule has 1 aromatic carbocycles. The highest BCUT2D eigenvalue weighted by Gasteiger charge is 2.05. The number of carbonyl (C=O) groups is 1. The molecule has 0 fully saturated rings. The highest BCUT2D eigenvalue weighted by molar-refractivity contribution is 5.90. The van der Waals surface area contributed by atoms with Crippen molar-refractivity contribution in [3.05, 3.63) is 58.3 Å². The fourth-order valence-electron chi connectivity index (χ4n) is 1.80. The molecule has 1 heterocycles. The predicted molar refractivity (Wildman–Crippen MR) is 77.6 cm³/mol. The maximum atomic E-state index is 11.8. The number of anilines is 1. The minimum absolute atomic E-state index is 0.172. The van der Waals surface area contributed by atoms with Crippen LogP contribution in [0, 0.1) is 18.3 Å². The summed E-state index contributed by atoms with van der Waals surface area (Å²) in [6, 6.07) is 8.59. The number of hydrogen-bond acceptors (Lipinski definition) is 4. The summed E-state index contributed by atoms with van der Waals surface area (Å²) in [4.78, 5) is 27.0. The van der Waals surface area contributed by atoms with Gasteiger partial charge in [0, 0.05) is 31.0 Å². The number of amides is 1. The predicted octanol–water partition coefficient (Wildman–Crippen LogP) is 1.45. The van der Waals surface area contributed by atoms with Crippen molar-refractivity contribution in [1.82, 2.24) is 9.55 Å². The molecule has 0 aliphatic rings. The van der Waals surface area contributed by atoms with E-state index in [1.807, 2.05) is 13.0 Å². The van der Waals surface area contributed by atoms with Gasteiger partial charge in [0.15, 0.2) is 0 Å². The number of benzene rings is 1.